The Kier molecular flexibility index (Phi) is 3.43. The van der Waals surface area contributed by atoms with Crippen molar-refractivity contribution >= 4 is 12.0 Å². The molecule has 82 valence electrons. The first-order valence-corrected chi connectivity index (χ1v) is 5.85. The topological polar surface area (TPSA) is 40.2 Å². The number of unbranched alkanes of at least 4 members (excludes halogenated alkanes) is 3. The molecule has 0 unspecified atom stereocenters. The van der Waals surface area contributed by atoms with Gasteiger partial charge in [-0.05, 0) is 18.9 Å². The predicted molar refractivity (Wildman–Crippen MR) is 64.7 cm³/mol. The van der Waals surface area contributed by atoms with E-state index in [-0.39, 0.29) is 0 Å². The van der Waals surface area contributed by atoms with Crippen LogP contribution in [0.5, 0.6) is 0 Å². The quantitative estimate of drug-likeness (QED) is 0.713. The molecule has 1 aliphatic rings. The van der Waals surface area contributed by atoms with Crippen LogP contribution in [-0.4, -0.2) is 17.9 Å². The molecule has 15 heavy (non-hydrogen) atoms. The second-order valence-electron chi connectivity index (χ2n) is 4.08. The maximum atomic E-state index is 4.19. The van der Waals surface area contributed by atoms with Gasteiger partial charge >= 0.3 is 0 Å². The van der Waals surface area contributed by atoms with Crippen LogP contribution in [0.2, 0.25) is 0 Å². The summed E-state index contributed by atoms with van der Waals surface area (Å²) in [7, 11) is 0. The van der Waals surface area contributed by atoms with E-state index in [2.05, 4.69) is 28.3 Å². The van der Waals surface area contributed by atoms with Crippen molar-refractivity contribution in [3.8, 4) is 0 Å². The fourth-order valence-corrected chi connectivity index (χ4v) is 1.92. The Balaban J connectivity index is 1.87. The third-order valence-electron chi connectivity index (χ3n) is 2.78. The molecule has 0 spiro atoms. The van der Waals surface area contributed by atoms with Gasteiger partial charge < -0.3 is 10.3 Å². The zero-order valence-electron chi connectivity index (χ0n) is 9.34. The molecule has 0 saturated heterocycles. The van der Waals surface area contributed by atoms with E-state index in [1.54, 1.807) is 0 Å². The van der Waals surface area contributed by atoms with Crippen LogP contribution in [-0.2, 0) is 6.42 Å². The summed E-state index contributed by atoms with van der Waals surface area (Å²) in [6.45, 7) is 2.94. The summed E-state index contributed by atoms with van der Waals surface area (Å²) in [5.74, 6) is 1.13. The molecule has 0 bridgehead atoms. The Labute approximate surface area is 91.0 Å². The summed E-state index contributed by atoms with van der Waals surface area (Å²) >= 11 is 0. The smallest absolute Gasteiger partial charge is 0.113 e. The zero-order chi connectivity index (χ0) is 10.5. The van der Waals surface area contributed by atoms with E-state index in [0.717, 1.165) is 12.2 Å². The van der Waals surface area contributed by atoms with Crippen molar-refractivity contribution in [3.05, 3.63) is 17.3 Å². The highest BCUT2D eigenvalue weighted by Gasteiger charge is 2.08. The monoisotopic (exact) mass is 205 g/mol. The Morgan fingerprint density at radius 3 is 3.07 bits per heavy atom. The molecule has 0 aliphatic carbocycles. The van der Waals surface area contributed by atoms with Crippen molar-refractivity contribution in [3.63, 3.8) is 0 Å². The van der Waals surface area contributed by atoms with Crippen molar-refractivity contribution in [2.75, 3.05) is 12.0 Å². The van der Waals surface area contributed by atoms with E-state index < -0.39 is 0 Å². The highest BCUT2D eigenvalue weighted by molar-refractivity contribution is 5.88. The van der Waals surface area contributed by atoms with Gasteiger partial charge in [-0.3, -0.25) is 4.99 Å². The number of hydrogen-bond donors (Lipinski definition) is 2. The van der Waals surface area contributed by atoms with E-state index in [1.807, 2.05) is 6.21 Å². The van der Waals surface area contributed by atoms with E-state index in [4.69, 9.17) is 0 Å². The number of aromatic amines is 1. The minimum absolute atomic E-state index is 0.697. The number of fused-ring (bicyclic) bond motifs is 1. The van der Waals surface area contributed by atoms with Crippen LogP contribution in [0.1, 0.15) is 43.9 Å². The number of rotatable bonds is 5. The fraction of sp³-hybridized carbons (Fsp3) is 0.583. The highest BCUT2D eigenvalue weighted by atomic mass is 15.1. The van der Waals surface area contributed by atoms with Crippen LogP contribution in [0.3, 0.4) is 0 Å². The van der Waals surface area contributed by atoms with Crippen molar-refractivity contribution in [2.24, 2.45) is 4.99 Å². The number of nitrogens with one attached hydrogen (secondary N) is 2. The molecular formula is C12H19N3. The van der Waals surface area contributed by atoms with Gasteiger partial charge in [0.25, 0.3) is 0 Å². The van der Waals surface area contributed by atoms with Crippen molar-refractivity contribution in [1.29, 1.82) is 0 Å². The molecule has 3 nitrogen and oxygen atoms in total. The van der Waals surface area contributed by atoms with Gasteiger partial charge in [-0.2, -0.15) is 0 Å². The number of nitrogens with zero attached hydrogens (tertiary/aromatic N) is 1. The molecule has 1 aliphatic heterocycles. The lowest BCUT2D eigenvalue weighted by Crippen LogP contribution is -2.06. The van der Waals surface area contributed by atoms with Crippen molar-refractivity contribution in [2.45, 2.75) is 39.0 Å². The number of hydrogen-bond acceptors (Lipinski definition) is 2. The molecule has 3 heteroatoms. The average molecular weight is 205 g/mol. The normalized spacial score (nSPS) is 13.7. The van der Waals surface area contributed by atoms with E-state index >= 15 is 0 Å². The van der Waals surface area contributed by atoms with Crippen LogP contribution in [0.4, 0.5) is 5.82 Å². The molecule has 0 aromatic carbocycles. The first-order valence-electron chi connectivity index (χ1n) is 5.85. The van der Waals surface area contributed by atoms with Crippen LogP contribution in [0, 0.1) is 0 Å². The number of anilines is 1. The molecule has 1 aromatic heterocycles. The molecule has 2 N–H and O–H groups in total. The Morgan fingerprint density at radius 2 is 2.27 bits per heavy atom. The van der Waals surface area contributed by atoms with Gasteiger partial charge in [0.2, 0.25) is 0 Å². The Bertz CT molecular complexity index is 339. The fourth-order valence-electron chi connectivity index (χ4n) is 1.92. The summed E-state index contributed by atoms with van der Waals surface area (Å²) in [4.78, 5) is 7.59. The lowest BCUT2D eigenvalue weighted by molar-refractivity contribution is 0.662. The molecular weight excluding hydrogens is 186 g/mol. The van der Waals surface area contributed by atoms with Gasteiger partial charge in [-0.25, -0.2) is 0 Å². The standard InChI is InChI=1S/C12H19N3/c1-2-3-4-5-6-11-7-10-8-13-9-14-12(10)15-11/h7-8,14-15H,2-6,9H2,1H3. The molecule has 0 radical (unpaired) electrons. The number of aryl methyl sites for hydroxylation is 1. The van der Waals surface area contributed by atoms with Gasteiger partial charge in [-0.15, -0.1) is 0 Å². The van der Waals surface area contributed by atoms with Gasteiger partial charge in [0.05, 0.1) is 0 Å². The van der Waals surface area contributed by atoms with E-state index in [0.29, 0.717) is 6.67 Å². The maximum Gasteiger partial charge on any atom is 0.113 e. The van der Waals surface area contributed by atoms with Gasteiger partial charge in [0, 0.05) is 17.5 Å². The number of H-pyrrole nitrogens is 1. The summed E-state index contributed by atoms with van der Waals surface area (Å²) < 4.78 is 0. The molecule has 1 aromatic rings. The van der Waals surface area contributed by atoms with E-state index in [1.165, 1.54) is 36.9 Å². The molecule has 0 fully saturated rings. The van der Waals surface area contributed by atoms with Gasteiger partial charge in [-0.1, -0.05) is 26.2 Å². The first-order chi connectivity index (χ1) is 7.40. The minimum atomic E-state index is 0.697. The molecule has 0 atom stereocenters. The molecule has 2 heterocycles. The number of aliphatic imine (C=N–C) groups is 1. The third kappa shape index (κ3) is 2.61. The van der Waals surface area contributed by atoms with Crippen LogP contribution in [0.25, 0.3) is 0 Å². The summed E-state index contributed by atoms with van der Waals surface area (Å²) in [5.41, 5.74) is 2.53. The third-order valence-corrected chi connectivity index (χ3v) is 2.78. The lowest BCUT2D eigenvalue weighted by atomic mass is 10.1. The molecule has 2 rings (SSSR count). The van der Waals surface area contributed by atoms with Crippen LogP contribution in [0.15, 0.2) is 11.1 Å². The largest absolute Gasteiger partial charge is 0.352 e. The average Bonchev–Trinajstić information content (AvgIpc) is 2.67. The summed E-state index contributed by atoms with van der Waals surface area (Å²) in [6.07, 6.45) is 8.36. The minimum Gasteiger partial charge on any atom is -0.352 e. The lowest BCUT2D eigenvalue weighted by Gasteiger charge is -2.05. The first kappa shape index (κ1) is 10.3. The second kappa shape index (κ2) is 5.01. The van der Waals surface area contributed by atoms with Crippen LogP contribution >= 0.6 is 0 Å². The van der Waals surface area contributed by atoms with Crippen LogP contribution < -0.4 is 5.32 Å². The predicted octanol–water partition coefficient (Wildman–Crippen LogP) is 2.94. The SMILES string of the molecule is CCCCCCc1cc2c([nH]1)NCN=C2. The summed E-state index contributed by atoms with van der Waals surface area (Å²) in [6, 6.07) is 2.21. The van der Waals surface area contributed by atoms with E-state index in [9.17, 15) is 0 Å². The van der Waals surface area contributed by atoms with Crippen molar-refractivity contribution < 1.29 is 0 Å². The maximum absolute atomic E-state index is 4.19. The highest BCUT2D eigenvalue weighted by Crippen LogP contribution is 2.18. The number of aromatic nitrogens is 1. The molecule has 0 saturated carbocycles. The Morgan fingerprint density at radius 1 is 1.33 bits per heavy atom. The summed E-state index contributed by atoms with van der Waals surface area (Å²) in [5, 5.41) is 3.23. The zero-order valence-corrected chi connectivity index (χ0v) is 9.34. The second-order valence-corrected chi connectivity index (χ2v) is 4.08. The van der Waals surface area contributed by atoms with Gasteiger partial charge in [0.1, 0.15) is 12.5 Å². The van der Waals surface area contributed by atoms with Gasteiger partial charge in [0.15, 0.2) is 0 Å². The Hall–Kier alpha value is -1.25. The van der Waals surface area contributed by atoms with Crippen molar-refractivity contribution in [1.82, 2.24) is 4.98 Å². The molecule has 0 amide bonds.